The van der Waals surface area contributed by atoms with E-state index in [1.165, 1.54) is 47.2 Å². The van der Waals surface area contributed by atoms with E-state index in [1.54, 1.807) is 0 Å². The van der Waals surface area contributed by atoms with Crippen molar-refractivity contribution in [1.29, 1.82) is 0 Å². The number of carbonyl (C=O) groups is 1. The molecule has 3 aliphatic carbocycles. The summed E-state index contributed by atoms with van der Waals surface area (Å²) in [5.41, 5.74) is 9.51. The average Bonchev–Trinajstić information content (AvgIpc) is 3.35. The van der Waals surface area contributed by atoms with Gasteiger partial charge in [-0.25, -0.2) is 0 Å². The molecular weight excluding hydrogens is 296 g/mol. The van der Waals surface area contributed by atoms with Crippen molar-refractivity contribution >= 4 is 11.6 Å². The summed E-state index contributed by atoms with van der Waals surface area (Å²) >= 11 is 0. The van der Waals surface area contributed by atoms with Crippen molar-refractivity contribution in [2.45, 2.75) is 25.3 Å². The number of hydrazone groups is 1. The molecule has 2 saturated carbocycles. The molecule has 3 heteroatoms. The smallest absolute Gasteiger partial charge is 0.269 e. The van der Waals surface area contributed by atoms with Gasteiger partial charge >= 0.3 is 0 Å². The van der Waals surface area contributed by atoms with Gasteiger partial charge in [0.15, 0.2) is 6.04 Å². The number of hydrazine groups is 1. The quantitative estimate of drug-likeness (QED) is 0.636. The first-order valence-electron chi connectivity index (χ1n) is 8.99. The second-order valence-corrected chi connectivity index (χ2v) is 7.64. The van der Waals surface area contributed by atoms with Gasteiger partial charge in [-0.05, 0) is 48.4 Å². The van der Waals surface area contributed by atoms with Gasteiger partial charge in [0.05, 0.1) is 11.1 Å². The van der Waals surface area contributed by atoms with Crippen molar-refractivity contribution < 1.29 is 9.48 Å². The molecule has 1 heterocycles. The molecule has 2 aromatic rings. The molecule has 1 N–H and O–H groups in total. The van der Waals surface area contributed by atoms with E-state index in [1.807, 2.05) is 0 Å². The summed E-state index contributed by atoms with van der Waals surface area (Å²) in [6.45, 7) is 0. The highest BCUT2D eigenvalue weighted by molar-refractivity contribution is 6.22. The van der Waals surface area contributed by atoms with Crippen LogP contribution in [0, 0.1) is 17.8 Å². The summed E-state index contributed by atoms with van der Waals surface area (Å²) in [4.78, 5) is 12.7. The lowest BCUT2D eigenvalue weighted by Crippen LogP contribution is -2.38. The maximum absolute atomic E-state index is 12.7. The van der Waals surface area contributed by atoms with Gasteiger partial charge in [0.25, 0.3) is 5.91 Å². The molecule has 2 bridgehead atoms. The molecule has 3 nitrogen and oxygen atoms in total. The minimum absolute atomic E-state index is 0.191. The second kappa shape index (κ2) is 4.35. The topological polar surface area (TPSA) is 32.1 Å². The maximum Gasteiger partial charge on any atom is 0.284 e. The molecule has 1 saturated heterocycles. The number of nitrogens with one attached hydrogen (secondary N) is 1. The Bertz CT molecular complexity index is 881. The summed E-state index contributed by atoms with van der Waals surface area (Å²) in [5, 5.41) is 0. The maximum atomic E-state index is 12.7. The Morgan fingerprint density at radius 1 is 0.833 bits per heavy atom. The highest BCUT2D eigenvalue weighted by Gasteiger charge is 2.62. The first kappa shape index (κ1) is 12.9. The molecule has 6 rings (SSSR count). The number of nitrogens with zero attached hydrogens (tertiary/aromatic N) is 1. The Morgan fingerprint density at radius 2 is 1.42 bits per heavy atom. The molecule has 24 heavy (non-hydrogen) atoms. The lowest BCUT2D eigenvalue weighted by molar-refractivity contribution is -0.602. The van der Waals surface area contributed by atoms with Crippen LogP contribution in [-0.2, 0) is 4.79 Å². The molecule has 4 aliphatic rings. The number of hydrogen-bond acceptors (Lipinski definition) is 1. The molecule has 118 valence electrons. The van der Waals surface area contributed by atoms with E-state index in [2.05, 4.69) is 58.6 Å². The lowest BCUT2D eigenvalue weighted by atomic mass is 9.85. The largest absolute Gasteiger partial charge is 0.284 e. The predicted octanol–water partition coefficient (Wildman–Crippen LogP) is 2.98. The molecule has 2 aromatic carbocycles. The van der Waals surface area contributed by atoms with Crippen LogP contribution in [0.5, 0.6) is 0 Å². The Labute approximate surface area is 141 Å². The lowest BCUT2D eigenvalue weighted by Gasteiger charge is -2.17. The first-order chi connectivity index (χ1) is 11.8. The number of benzene rings is 2. The van der Waals surface area contributed by atoms with Gasteiger partial charge in [0, 0.05) is 5.92 Å². The van der Waals surface area contributed by atoms with Crippen LogP contribution in [0.2, 0.25) is 0 Å². The second-order valence-electron chi connectivity index (χ2n) is 7.64. The zero-order valence-corrected chi connectivity index (χ0v) is 13.4. The SMILES string of the molecule is O=C1N[N+](=C2c3ccccc3-c3ccccc32)C2C3CCC(C3)C12. The molecule has 1 aliphatic heterocycles. The van der Waals surface area contributed by atoms with Crippen molar-refractivity contribution in [3.05, 3.63) is 59.7 Å². The molecular formula is C21H19N2O+. The van der Waals surface area contributed by atoms with E-state index in [9.17, 15) is 4.79 Å². The summed E-state index contributed by atoms with van der Waals surface area (Å²) in [6.07, 6.45) is 3.74. The van der Waals surface area contributed by atoms with Crippen LogP contribution in [0.25, 0.3) is 11.1 Å². The van der Waals surface area contributed by atoms with Crippen LogP contribution >= 0.6 is 0 Å². The average molecular weight is 315 g/mol. The molecule has 3 fully saturated rings. The summed E-state index contributed by atoms with van der Waals surface area (Å²) in [7, 11) is 0. The minimum atomic E-state index is 0.191. The zero-order valence-electron chi connectivity index (χ0n) is 13.4. The van der Waals surface area contributed by atoms with Gasteiger partial charge in [-0.2, -0.15) is 0 Å². The van der Waals surface area contributed by atoms with Crippen LogP contribution in [0.15, 0.2) is 48.5 Å². The molecule has 0 aromatic heterocycles. The number of amides is 1. The van der Waals surface area contributed by atoms with Gasteiger partial charge in [-0.15, -0.1) is 10.1 Å². The number of carbonyl (C=O) groups excluding carboxylic acids is 1. The van der Waals surface area contributed by atoms with Crippen LogP contribution in [-0.4, -0.2) is 22.3 Å². The van der Waals surface area contributed by atoms with Gasteiger partial charge in [-0.3, -0.25) is 4.79 Å². The third-order valence-corrected chi connectivity index (χ3v) is 6.60. The molecule has 4 atom stereocenters. The highest BCUT2D eigenvalue weighted by atomic mass is 16.2. The van der Waals surface area contributed by atoms with Crippen LogP contribution in [0.1, 0.15) is 30.4 Å². The first-order valence-corrected chi connectivity index (χ1v) is 8.99. The molecule has 0 spiro atoms. The number of fused-ring (bicyclic) bond motifs is 8. The van der Waals surface area contributed by atoms with Crippen LogP contribution in [0.3, 0.4) is 0 Å². The van der Waals surface area contributed by atoms with Crippen LogP contribution < -0.4 is 5.43 Å². The summed E-state index contributed by atoms with van der Waals surface area (Å²) in [6, 6.07) is 17.5. The Kier molecular flexibility index (Phi) is 2.35. The van der Waals surface area contributed by atoms with Crippen LogP contribution in [0.4, 0.5) is 0 Å². The van der Waals surface area contributed by atoms with Crippen molar-refractivity contribution in [3.63, 3.8) is 0 Å². The normalized spacial score (nSPS) is 31.9. The standard InChI is InChI=1S/C21H18N2O/c24-21-18-12-9-10-13(11-12)19(18)23(22-21)20-16-7-3-1-5-14(16)15-6-2-4-8-17(15)20/h1-8,12-13,18-19H,9-11H2/p+1. The van der Waals surface area contributed by atoms with Gasteiger partial charge < -0.3 is 0 Å². The third-order valence-electron chi connectivity index (χ3n) is 6.60. The third kappa shape index (κ3) is 1.44. The highest BCUT2D eigenvalue weighted by Crippen LogP contribution is 2.52. The van der Waals surface area contributed by atoms with E-state index in [0.29, 0.717) is 17.9 Å². The fraction of sp³-hybridized carbons (Fsp3) is 0.333. The summed E-state index contributed by atoms with van der Waals surface area (Å²) in [5.74, 6) is 1.68. The van der Waals surface area contributed by atoms with Gasteiger partial charge in [-0.1, -0.05) is 36.4 Å². The molecule has 4 unspecified atom stereocenters. The number of rotatable bonds is 0. The monoisotopic (exact) mass is 315 g/mol. The molecule has 0 radical (unpaired) electrons. The summed E-state index contributed by atoms with van der Waals surface area (Å²) < 4.78 is 2.24. The van der Waals surface area contributed by atoms with E-state index in [0.717, 1.165) is 0 Å². The van der Waals surface area contributed by atoms with Crippen molar-refractivity contribution in [2.75, 3.05) is 0 Å². The van der Waals surface area contributed by atoms with E-state index in [-0.39, 0.29) is 11.8 Å². The fourth-order valence-corrected chi connectivity index (χ4v) is 5.73. The predicted molar refractivity (Wildman–Crippen MR) is 91.6 cm³/mol. The zero-order chi connectivity index (χ0) is 15.8. The van der Waals surface area contributed by atoms with E-state index < -0.39 is 0 Å². The van der Waals surface area contributed by atoms with Gasteiger partial charge in [0.1, 0.15) is 5.92 Å². The number of hydrogen-bond donors (Lipinski definition) is 1. The van der Waals surface area contributed by atoms with Gasteiger partial charge in [0.2, 0.25) is 5.71 Å². The van der Waals surface area contributed by atoms with Crippen molar-refractivity contribution in [2.24, 2.45) is 17.8 Å². The minimum Gasteiger partial charge on any atom is -0.269 e. The van der Waals surface area contributed by atoms with E-state index in [4.69, 9.17) is 0 Å². The Hall–Kier alpha value is -2.42. The van der Waals surface area contributed by atoms with Crippen molar-refractivity contribution in [1.82, 2.24) is 5.43 Å². The Morgan fingerprint density at radius 3 is 2.08 bits per heavy atom. The van der Waals surface area contributed by atoms with Crippen molar-refractivity contribution in [3.8, 4) is 11.1 Å². The molecule has 1 amide bonds. The fourth-order valence-electron chi connectivity index (χ4n) is 5.73. The van der Waals surface area contributed by atoms with E-state index >= 15 is 0 Å². The Balaban J connectivity index is 1.64.